The third kappa shape index (κ3) is 5.81. The van der Waals surface area contributed by atoms with Crippen LogP contribution in [-0.4, -0.2) is 27.9 Å². The van der Waals surface area contributed by atoms with Gasteiger partial charge >= 0.3 is 0 Å². The summed E-state index contributed by atoms with van der Waals surface area (Å²) in [6.07, 6.45) is 0.354. The zero-order valence-electron chi connectivity index (χ0n) is 19.1. The Morgan fingerprint density at radius 1 is 1.00 bits per heavy atom. The van der Waals surface area contributed by atoms with Gasteiger partial charge in [0.15, 0.2) is 11.5 Å². The standard InChI is InChI=1S/C27H23FN2O4S/c1-2-33-24-13-19(9-12-23(24)34-17-21-6-4-3-5-20(21)15-29)14-25-26(31)30(27(32)35-25)16-18-7-10-22(28)11-8-18/h3-13,25H,2,14,16-17H2,1H3/t25-/m0/s1. The molecule has 178 valence electrons. The van der Waals surface area contributed by atoms with Gasteiger partial charge in [0.2, 0.25) is 5.91 Å². The number of imide groups is 1. The van der Waals surface area contributed by atoms with Gasteiger partial charge in [-0.3, -0.25) is 14.5 Å². The number of hydrogen-bond acceptors (Lipinski definition) is 6. The molecule has 35 heavy (non-hydrogen) atoms. The Kier molecular flexibility index (Phi) is 7.68. The van der Waals surface area contributed by atoms with Crippen LogP contribution in [-0.2, 0) is 24.4 Å². The average molecular weight is 491 g/mol. The Hall–Kier alpha value is -3.83. The minimum absolute atomic E-state index is 0.114. The number of amides is 2. The predicted molar refractivity (Wildman–Crippen MR) is 131 cm³/mol. The van der Waals surface area contributed by atoms with Gasteiger partial charge in [-0.2, -0.15) is 5.26 Å². The van der Waals surface area contributed by atoms with E-state index in [1.54, 1.807) is 30.3 Å². The molecule has 3 aromatic rings. The summed E-state index contributed by atoms with van der Waals surface area (Å²) in [4.78, 5) is 26.6. The molecule has 0 aliphatic carbocycles. The first-order valence-electron chi connectivity index (χ1n) is 11.1. The van der Waals surface area contributed by atoms with Gasteiger partial charge in [-0.25, -0.2) is 4.39 Å². The van der Waals surface area contributed by atoms with Crippen molar-refractivity contribution in [3.8, 4) is 17.6 Å². The predicted octanol–water partition coefficient (Wildman–Crippen LogP) is 5.48. The molecule has 0 N–H and O–H groups in total. The summed E-state index contributed by atoms with van der Waals surface area (Å²) in [5.74, 6) is 0.426. The smallest absolute Gasteiger partial charge is 0.289 e. The van der Waals surface area contributed by atoms with E-state index in [1.807, 2.05) is 31.2 Å². The van der Waals surface area contributed by atoms with Gasteiger partial charge in [-0.05, 0) is 54.8 Å². The fourth-order valence-electron chi connectivity index (χ4n) is 3.74. The molecule has 6 nitrogen and oxygen atoms in total. The molecule has 0 spiro atoms. The third-order valence-electron chi connectivity index (χ3n) is 5.51. The van der Waals surface area contributed by atoms with Crippen molar-refractivity contribution in [1.29, 1.82) is 5.26 Å². The maximum Gasteiger partial charge on any atom is 0.289 e. The minimum atomic E-state index is -0.549. The summed E-state index contributed by atoms with van der Waals surface area (Å²) in [5.41, 5.74) is 2.84. The lowest BCUT2D eigenvalue weighted by Gasteiger charge is -2.16. The first-order chi connectivity index (χ1) is 17.0. The Morgan fingerprint density at radius 3 is 2.49 bits per heavy atom. The second-order valence-electron chi connectivity index (χ2n) is 7.90. The van der Waals surface area contributed by atoms with Crippen LogP contribution in [0.1, 0.15) is 29.2 Å². The highest BCUT2D eigenvalue weighted by atomic mass is 32.2. The number of nitrogens with zero attached hydrogens (tertiary/aromatic N) is 2. The van der Waals surface area contributed by atoms with Gasteiger partial charge in [0, 0.05) is 5.56 Å². The molecule has 1 heterocycles. The molecule has 1 aliphatic rings. The summed E-state index contributed by atoms with van der Waals surface area (Å²) < 4.78 is 24.9. The van der Waals surface area contributed by atoms with Crippen molar-refractivity contribution in [1.82, 2.24) is 4.90 Å². The van der Waals surface area contributed by atoms with E-state index in [1.165, 1.54) is 17.0 Å². The van der Waals surface area contributed by atoms with E-state index in [0.29, 0.717) is 35.7 Å². The van der Waals surface area contributed by atoms with Crippen molar-refractivity contribution >= 4 is 22.9 Å². The fraction of sp³-hybridized carbons (Fsp3) is 0.222. The second-order valence-corrected chi connectivity index (χ2v) is 9.05. The lowest BCUT2D eigenvalue weighted by atomic mass is 10.1. The SMILES string of the molecule is CCOc1cc(C[C@@H]2SC(=O)N(Cc3ccc(F)cc3)C2=O)ccc1OCc1ccccc1C#N. The van der Waals surface area contributed by atoms with Gasteiger partial charge in [0.1, 0.15) is 12.4 Å². The molecule has 1 fully saturated rings. The lowest BCUT2D eigenvalue weighted by Crippen LogP contribution is -2.31. The van der Waals surface area contributed by atoms with Crippen molar-refractivity contribution in [2.24, 2.45) is 0 Å². The first kappa shape index (κ1) is 24.3. The van der Waals surface area contributed by atoms with E-state index in [-0.39, 0.29) is 30.1 Å². The molecule has 0 bridgehead atoms. The lowest BCUT2D eigenvalue weighted by molar-refractivity contribution is -0.127. The van der Waals surface area contributed by atoms with Crippen molar-refractivity contribution in [3.63, 3.8) is 0 Å². The number of carbonyl (C=O) groups excluding carboxylic acids is 2. The molecule has 0 aromatic heterocycles. The Morgan fingerprint density at radius 2 is 1.74 bits per heavy atom. The quantitative estimate of drug-likeness (QED) is 0.395. The highest BCUT2D eigenvalue weighted by Gasteiger charge is 2.39. The van der Waals surface area contributed by atoms with Crippen LogP contribution in [0.2, 0.25) is 0 Å². The van der Waals surface area contributed by atoms with Gasteiger partial charge in [-0.1, -0.05) is 48.2 Å². The topological polar surface area (TPSA) is 79.6 Å². The molecule has 0 radical (unpaired) electrons. The van der Waals surface area contributed by atoms with E-state index in [0.717, 1.165) is 22.9 Å². The van der Waals surface area contributed by atoms with Crippen LogP contribution in [0.25, 0.3) is 0 Å². The first-order valence-corrected chi connectivity index (χ1v) is 12.0. The van der Waals surface area contributed by atoms with Crippen molar-refractivity contribution in [2.75, 3.05) is 6.61 Å². The number of ether oxygens (including phenoxy) is 2. The number of thioether (sulfide) groups is 1. The molecule has 4 rings (SSSR count). The highest BCUT2D eigenvalue weighted by molar-refractivity contribution is 8.15. The van der Waals surface area contributed by atoms with E-state index < -0.39 is 5.25 Å². The minimum Gasteiger partial charge on any atom is -0.490 e. The fourth-order valence-corrected chi connectivity index (χ4v) is 4.76. The summed E-state index contributed by atoms with van der Waals surface area (Å²) in [7, 11) is 0. The zero-order chi connectivity index (χ0) is 24.8. The molecule has 0 unspecified atom stereocenters. The molecule has 8 heteroatoms. The largest absolute Gasteiger partial charge is 0.490 e. The van der Waals surface area contributed by atoms with Crippen LogP contribution in [0.15, 0.2) is 66.7 Å². The number of halogens is 1. The molecule has 1 atom stereocenters. The maximum absolute atomic E-state index is 13.2. The monoisotopic (exact) mass is 490 g/mol. The average Bonchev–Trinajstić information content (AvgIpc) is 3.12. The van der Waals surface area contributed by atoms with Crippen LogP contribution in [0, 0.1) is 17.1 Å². The van der Waals surface area contributed by atoms with E-state index >= 15 is 0 Å². The van der Waals surface area contributed by atoms with Gasteiger partial charge in [0.05, 0.1) is 30.0 Å². The number of rotatable bonds is 9. The van der Waals surface area contributed by atoms with E-state index in [2.05, 4.69) is 6.07 Å². The second kappa shape index (κ2) is 11.1. The molecule has 0 saturated carbocycles. The van der Waals surface area contributed by atoms with E-state index in [9.17, 15) is 19.2 Å². The Balaban J connectivity index is 1.44. The van der Waals surface area contributed by atoms with Crippen LogP contribution in [0.5, 0.6) is 11.5 Å². The summed E-state index contributed by atoms with van der Waals surface area (Å²) >= 11 is 0.995. The molecule has 1 saturated heterocycles. The number of nitriles is 1. The van der Waals surface area contributed by atoms with Gasteiger partial charge in [0.25, 0.3) is 5.24 Å². The Labute approximate surface area is 207 Å². The normalized spacial score (nSPS) is 15.2. The third-order valence-corrected chi connectivity index (χ3v) is 6.58. The maximum atomic E-state index is 13.2. The summed E-state index contributed by atoms with van der Waals surface area (Å²) in [5, 5.41) is 8.41. The van der Waals surface area contributed by atoms with Crippen molar-refractivity contribution in [2.45, 2.75) is 31.7 Å². The zero-order valence-corrected chi connectivity index (χ0v) is 19.9. The van der Waals surface area contributed by atoms with Crippen LogP contribution in [0.4, 0.5) is 9.18 Å². The number of benzene rings is 3. The van der Waals surface area contributed by atoms with Crippen LogP contribution < -0.4 is 9.47 Å². The van der Waals surface area contributed by atoms with Gasteiger partial charge < -0.3 is 9.47 Å². The summed E-state index contributed by atoms with van der Waals surface area (Å²) in [6.45, 7) is 2.62. The molecular formula is C27H23FN2O4S. The molecule has 1 aliphatic heterocycles. The van der Waals surface area contributed by atoms with E-state index in [4.69, 9.17) is 9.47 Å². The van der Waals surface area contributed by atoms with Crippen molar-refractivity contribution < 1.29 is 23.5 Å². The molecular weight excluding hydrogens is 467 g/mol. The number of hydrogen-bond donors (Lipinski definition) is 0. The molecule has 2 amide bonds. The molecule has 3 aromatic carbocycles. The number of carbonyl (C=O) groups is 2. The van der Waals surface area contributed by atoms with Gasteiger partial charge in [-0.15, -0.1) is 0 Å². The van der Waals surface area contributed by atoms with Crippen LogP contribution in [0.3, 0.4) is 0 Å². The van der Waals surface area contributed by atoms with Crippen LogP contribution >= 0.6 is 11.8 Å². The van der Waals surface area contributed by atoms with Crippen molar-refractivity contribution in [3.05, 3.63) is 94.8 Å². The summed E-state index contributed by atoms with van der Waals surface area (Å²) in [6, 6.07) is 20.6. The highest BCUT2D eigenvalue weighted by Crippen LogP contribution is 2.34. The Bertz CT molecular complexity index is 1270.